The normalized spacial score (nSPS) is 12.3. The number of carbonyl (C=O) groups is 2. The summed E-state index contributed by atoms with van der Waals surface area (Å²) < 4.78 is 2.52. The third kappa shape index (κ3) is 3.55. The van der Waals surface area contributed by atoms with E-state index in [4.69, 9.17) is 0 Å². The lowest BCUT2D eigenvalue weighted by Crippen LogP contribution is -2.41. The number of nitrogens with one attached hydrogen (secondary N) is 1. The summed E-state index contributed by atoms with van der Waals surface area (Å²) in [5, 5.41) is 11.8. The number of nitrogens with zero attached hydrogens (tertiary/aromatic N) is 2. The van der Waals surface area contributed by atoms with Gasteiger partial charge in [0.15, 0.2) is 5.65 Å². The van der Waals surface area contributed by atoms with Gasteiger partial charge in [-0.2, -0.15) is 0 Å². The zero-order valence-electron chi connectivity index (χ0n) is 13.4. The summed E-state index contributed by atoms with van der Waals surface area (Å²) in [6.07, 6.45) is 3.48. The monoisotopic (exact) mass is 381 g/mol. The van der Waals surface area contributed by atoms with Crippen molar-refractivity contribution in [1.29, 1.82) is 0 Å². The predicted octanol–water partition coefficient (Wildman–Crippen LogP) is 2.95. The number of hydrogen-bond acceptors (Lipinski definition) is 3. The molecule has 0 fully saturated rings. The Morgan fingerprint density at radius 3 is 2.70 bits per heavy atom. The molecule has 6 nitrogen and oxygen atoms in total. The molecule has 2 N–H and O–H groups in total. The van der Waals surface area contributed by atoms with Crippen molar-refractivity contribution in [3.8, 4) is 0 Å². The molecule has 0 aliphatic carbocycles. The van der Waals surface area contributed by atoms with Crippen LogP contribution in [0.15, 0.2) is 16.7 Å². The number of hydrogen-bond donors (Lipinski definition) is 2. The van der Waals surface area contributed by atoms with E-state index >= 15 is 0 Å². The number of pyridine rings is 1. The summed E-state index contributed by atoms with van der Waals surface area (Å²) >= 11 is 3.46. The summed E-state index contributed by atoms with van der Waals surface area (Å²) in [6, 6.07) is 1.04. The van der Waals surface area contributed by atoms with E-state index in [1.54, 1.807) is 4.40 Å². The van der Waals surface area contributed by atoms with Gasteiger partial charge in [-0.1, -0.05) is 20.3 Å². The molecule has 0 radical (unpaired) electrons. The van der Waals surface area contributed by atoms with Gasteiger partial charge in [0.2, 0.25) is 0 Å². The van der Waals surface area contributed by atoms with Crippen LogP contribution in [0.3, 0.4) is 0 Å². The molecule has 0 aromatic carbocycles. The molecule has 2 aromatic rings. The zero-order valence-corrected chi connectivity index (χ0v) is 15.0. The first-order valence-corrected chi connectivity index (χ1v) is 8.39. The van der Waals surface area contributed by atoms with Gasteiger partial charge in [-0.25, -0.2) is 9.78 Å². The lowest BCUT2D eigenvalue weighted by Gasteiger charge is -2.14. The van der Waals surface area contributed by atoms with Crippen molar-refractivity contribution in [2.24, 2.45) is 0 Å². The third-order valence-corrected chi connectivity index (χ3v) is 4.20. The molecule has 2 heterocycles. The molecular weight excluding hydrogens is 362 g/mol. The quantitative estimate of drug-likeness (QED) is 0.805. The standard InChI is InChI=1S/C16H20BrN3O3/c1-4-6-12(16(22)23)19-15(21)13-11(5-2)18-14-10(17)7-9(3)8-20(13)14/h7-8,12H,4-6H2,1-3H3,(H,19,21)(H,22,23). The third-order valence-electron chi connectivity index (χ3n) is 3.61. The van der Waals surface area contributed by atoms with Crippen molar-refractivity contribution >= 4 is 33.5 Å². The number of carbonyl (C=O) groups excluding carboxylic acids is 1. The molecule has 0 bridgehead atoms. The van der Waals surface area contributed by atoms with E-state index in [1.165, 1.54) is 0 Å². The maximum Gasteiger partial charge on any atom is 0.326 e. The molecule has 0 saturated heterocycles. The summed E-state index contributed by atoms with van der Waals surface area (Å²) in [5.74, 6) is -1.43. The van der Waals surface area contributed by atoms with Gasteiger partial charge in [0.25, 0.3) is 5.91 Å². The summed E-state index contributed by atoms with van der Waals surface area (Å²) in [6.45, 7) is 5.73. The second-order valence-electron chi connectivity index (χ2n) is 5.47. The first kappa shape index (κ1) is 17.5. The van der Waals surface area contributed by atoms with Crippen molar-refractivity contribution in [3.63, 3.8) is 0 Å². The average molecular weight is 382 g/mol. The van der Waals surface area contributed by atoms with Crippen molar-refractivity contribution in [2.75, 3.05) is 0 Å². The van der Waals surface area contributed by atoms with Crippen molar-refractivity contribution in [2.45, 2.75) is 46.1 Å². The smallest absolute Gasteiger partial charge is 0.326 e. The molecule has 0 spiro atoms. The number of amides is 1. The van der Waals surface area contributed by atoms with Crippen LogP contribution in [0.1, 0.15) is 48.4 Å². The number of rotatable bonds is 6. The molecule has 1 unspecified atom stereocenters. The Morgan fingerprint density at radius 2 is 2.13 bits per heavy atom. The Balaban J connectivity index is 2.48. The van der Waals surface area contributed by atoms with Crippen LogP contribution in [0, 0.1) is 6.92 Å². The first-order valence-electron chi connectivity index (χ1n) is 7.59. The van der Waals surface area contributed by atoms with E-state index in [2.05, 4.69) is 26.2 Å². The molecule has 2 rings (SSSR count). The Morgan fingerprint density at radius 1 is 1.43 bits per heavy atom. The molecule has 23 heavy (non-hydrogen) atoms. The minimum atomic E-state index is -1.02. The Hall–Kier alpha value is -1.89. The van der Waals surface area contributed by atoms with Gasteiger partial charge in [-0.15, -0.1) is 0 Å². The van der Waals surface area contributed by atoms with Gasteiger partial charge in [0, 0.05) is 6.20 Å². The number of aliphatic carboxylic acids is 1. The zero-order chi connectivity index (χ0) is 17.1. The van der Waals surface area contributed by atoms with Crippen LogP contribution in [0.25, 0.3) is 5.65 Å². The molecule has 2 aromatic heterocycles. The lowest BCUT2D eigenvalue weighted by atomic mass is 10.1. The van der Waals surface area contributed by atoms with Crippen molar-refractivity contribution in [1.82, 2.24) is 14.7 Å². The summed E-state index contributed by atoms with van der Waals surface area (Å²) in [5.41, 5.74) is 2.67. The fraction of sp³-hybridized carbons (Fsp3) is 0.438. The van der Waals surface area contributed by atoms with Gasteiger partial charge in [-0.05, 0) is 47.3 Å². The molecule has 0 aliphatic rings. The molecule has 124 valence electrons. The van der Waals surface area contributed by atoms with Crippen LogP contribution in [-0.4, -0.2) is 32.4 Å². The van der Waals surface area contributed by atoms with Crippen molar-refractivity contribution in [3.05, 3.63) is 33.7 Å². The highest BCUT2D eigenvalue weighted by molar-refractivity contribution is 9.10. The molecule has 0 saturated carbocycles. The number of imidazole rings is 1. The fourth-order valence-electron chi connectivity index (χ4n) is 2.54. The Kier molecular flexibility index (Phi) is 5.41. The maximum atomic E-state index is 12.7. The highest BCUT2D eigenvalue weighted by atomic mass is 79.9. The summed E-state index contributed by atoms with van der Waals surface area (Å²) in [4.78, 5) is 28.4. The molecular formula is C16H20BrN3O3. The number of aryl methyl sites for hydroxylation is 2. The van der Waals surface area contributed by atoms with Crippen molar-refractivity contribution < 1.29 is 14.7 Å². The van der Waals surface area contributed by atoms with Crippen LogP contribution in [-0.2, 0) is 11.2 Å². The maximum absolute atomic E-state index is 12.7. The SMILES string of the molecule is CCCC(NC(=O)c1c(CC)nc2c(Br)cc(C)cn12)C(=O)O. The van der Waals surface area contributed by atoms with E-state index in [0.717, 1.165) is 10.0 Å². The lowest BCUT2D eigenvalue weighted by molar-refractivity contribution is -0.139. The van der Waals surface area contributed by atoms with E-state index in [-0.39, 0.29) is 0 Å². The number of carboxylic acids is 1. The largest absolute Gasteiger partial charge is 0.480 e. The molecule has 7 heteroatoms. The van der Waals surface area contributed by atoms with E-state index < -0.39 is 17.9 Å². The minimum Gasteiger partial charge on any atom is -0.480 e. The van der Waals surface area contributed by atoms with Crippen LogP contribution in [0.2, 0.25) is 0 Å². The van der Waals surface area contributed by atoms with Gasteiger partial charge in [-0.3, -0.25) is 9.20 Å². The van der Waals surface area contributed by atoms with Gasteiger partial charge in [0.05, 0.1) is 10.2 Å². The topological polar surface area (TPSA) is 83.7 Å². The average Bonchev–Trinajstić information content (AvgIpc) is 2.85. The minimum absolute atomic E-state index is 0.391. The van der Waals surface area contributed by atoms with Crippen LogP contribution >= 0.6 is 15.9 Å². The second kappa shape index (κ2) is 7.12. The molecule has 1 atom stereocenters. The first-order chi connectivity index (χ1) is 10.9. The van der Waals surface area contributed by atoms with Gasteiger partial charge < -0.3 is 10.4 Å². The highest BCUT2D eigenvalue weighted by Crippen LogP contribution is 2.23. The Bertz CT molecular complexity index is 755. The number of fused-ring (bicyclic) bond motifs is 1. The number of carboxylic acid groups (broad SMARTS) is 1. The second-order valence-corrected chi connectivity index (χ2v) is 6.33. The highest BCUT2D eigenvalue weighted by Gasteiger charge is 2.24. The van der Waals surface area contributed by atoms with Crippen LogP contribution in [0.5, 0.6) is 0 Å². The van der Waals surface area contributed by atoms with E-state index in [1.807, 2.05) is 33.0 Å². The molecule has 1 amide bonds. The van der Waals surface area contributed by atoms with Gasteiger partial charge in [0.1, 0.15) is 11.7 Å². The predicted molar refractivity (Wildman–Crippen MR) is 90.8 cm³/mol. The fourth-order valence-corrected chi connectivity index (χ4v) is 3.18. The molecule has 0 aliphatic heterocycles. The number of halogens is 1. The number of aromatic nitrogens is 2. The van der Waals surface area contributed by atoms with E-state index in [9.17, 15) is 14.7 Å². The van der Waals surface area contributed by atoms with E-state index in [0.29, 0.717) is 36.3 Å². The van der Waals surface area contributed by atoms with Crippen LogP contribution < -0.4 is 5.32 Å². The Labute approximate surface area is 143 Å². The van der Waals surface area contributed by atoms with Crippen LogP contribution in [0.4, 0.5) is 0 Å². The van der Waals surface area contributed by atoms with Gasteiger partial charge >= 0.3 is 5.97 Å². The summed E-state index contributed by atoms with van der Waals surface area (Å²) in [7, 11) is 0.